The molecule has 0 spiro atoms. The quantitative estimate of drug-likeness (QED) is 0.757. The molecule has 0 aliphatic heterocycles. The molecule has 5 nitrogen and oxygen atoms in total. The van der Waals surface area contributed by atoms with Gasteiger partial charge in [0.05, 0.1) is 19.1 Å². The van der Waals surface area contributed by atoms with Gasteiger partial charge in [0.2, 0.25) is 0 Å². The molecule has 0 fully saturated rings. The summed E-state index contributed by atoms with van der Waals surface area (Å²) in [7, 11) is 0. The Morgan fingerprint density at radius 2 is 1.86 bits per heavy atom. The summed E-state index contributed by atoms with van der Waals surface area (Å²) in [6.45, 7) is 0.579. The van der Waals surface area contributed by atoms with E-state index in [0.717, 1.165) is 5.75 Å². The number of benzene rings is 1. The Kier molecular flexibility index (Phi) is 4.25. The van der Waals surface area contributed by atoms with Gasteiger partial charge < -0.3 is 18.9 Å². The lowest BCUT2D eigenvalue weighted by Crippen LogP contribution is -2.23. The molecule has 2 aromatic heterocycles. The Bertz CT molecular complexity index is 716. The molecule has 1 aromatic carbocycles. The van der Waals surface area contributed by atoms with Crippen molar-refractivity contribution in [2.24, 2.45) is 0 Å². The topological polar surface area (TPSA) is 64.6 Å². The fourth-order valence-corrected chi connectivity index (χ4v) is 1.99. The van der Waals surface area contributed by atoms with Gasteiger partial charge in [-0.15, -0.1) is 0 Å². The van der Waals surface area contributed by atoms with Crippen LogP contribution in [-0.2, 0) is 13.2 Å². The van der Waals surface area contributed by atoms with Crippen LogP contribution in [0.1, 0.15) is 21.9 Å². The average molecular weight is 297 g/mol. The van der Waals surface area contributed by atoms with Crippen molar-refractivity contribution in [3.8, 4) is 5.75 Å². The smallest absolute Gasteiger partial charge is 0.287 e. The standard InChI is InChI=1S/C17H15NO4/c19-17(18-11-15-7-4-9-20-15)16-13(8-10-21-16)12-22-14-5-2-1-3-6-14/h1-10H,11-12H2,(H,18,19). The van der Waals surface area contributed by atoms with Crippen molar-refractivity contribution < 1.29 is 18.4 Å². The maximum atomic E-state index is 12.1. The van der Waals surface area contributed by atoms with Crippen LogP contribution >= 0.6 is 0 Å². The van der Waals surface area contributed by atoms with Crippen molar-refractivity contribution in [3.63, 3.8) is 0 Å². The molecule has 1 amide bonds. The van der Waals surface area contributed by atoms with Gasteiger partial charge in [-0.2, -0.15) is 0 Å². The molecule has 0 aliphatic rings. The van der Waals surface area contributed by atoms with E-state index in [9.17, 15) is 4.79 Å². The predicted molar refractivity (Wildman–Crippen MR) is 79.4 cm³/mol. The number of rotatable bonds is 6. The van der Waals surface area contributed by atoms with Gasteiger partial charge in [-0.05, 0) is 30.3 Å². The summed E-state index contributed by atoms with van der Waals surface area (Å²) in [5.41, 5.74) is 0.695. The van der Waals surface area contributed by atoms with E-state index in [1.165, 1.54) is 6.26 Å². The van der Waals surface area contributed by atoms with Crippen LogP contribution in [0, 0.1) is 0 Å². The molecule has 22 heavy (non-hydrogen) atoms. The second-order valence-corrected chi connectivity index (χ2v) is 4.64. The summed E-state index contributed by atoms with van der Waals surface area (Å²) in [6, 6.07) is 14.7. The molecule has 1 N–H and O–H groups in total. The highest BCUT2D eigenvalue weighted by molar-refractivity contribution is 5.92. The van der Waals surface area contributed by atoms with Gasteiger partial charge >= 0.3 is 0 Å². The number of hydrogen-bond acceptors (Lipinski definition) is 4. The van der Waals surface area contributed by atoms with Crippen molar-refractivity contribution in [1.29, 1.82) is 0 Å². The first-order chi connectivity index (χ1) is 10.8. The van der Waals surface area contributed by atoms with Crippen molar-refractivity contribution in [2.45, 2.75) is 13.2 Å². The number of carbonyl (C=O) groups excluding carboxylic acids is 1. The third-order valence-electron chi connectivity index (χ3n) is 3.09. The number of nitrogens with one attached hydrogen (secondary N) is 1. The predicted octanol–water partition coefficient (Wildman–Crippen LogP) is 3.38. The molecule has 0 saturated heterocycles. The number of hydrogen-bond donors (Lipinski definition) is 1. The van der Waals surface area contributed by atoms with Crippen LogP contribution in [0.3, 0.4) is 0 Å². The van der Waals surface area contributed by atoms with Gasteiger partial charge in [-0.3, -0.25) is 4.79 Å². The Morgan fingerprint density at radius 3 is 2.64 bits per heavy atom. The Hall–Kier alpha value is -2.95. The third kappa shape index (κ3) is 3.38. The lowest BCUT2D eigenvalue weighted by molar-refractivity contribution is 0.0916. The van der Waals surface area contributed by atoms with E-state index in [1.54, 1.807) is 24.5 Å². The van der Waals surface area contributed by atoms with Crippen LogP contribution in [-0.4, -0.2) is 5.91 Å². The summed E-state index contributed by atoms with van der Waals surface area (Å²) in [6.07, 6.45) is 3.04. The minimum absolute atomic E-state index is 0.252. The normalized spacial score (nSPS) is 10.4. The average Bonchev–Trinajstić information content (AvgIpc) is 3.23. The molecule has 3 aromatic rings. The SMILES string of the molecule is O=C(NCc1ccco1)c1occc1COc1ccccc1. The van der Waals surface area contributed by atoms with E-state index >= 15 is 0 Å². The van der Waals surface area contributed by atoms with Gasteiger partial charge in [-0.25, -0.2) is 0 Å². The summed E-state index contributed by atoms with van der Waals surface area (Å²) >= 11 is 0. The molecule has 0 atom stereocenters. The highest BCUT2D eigenvalue weighted by Gasteiger charge is 2.16. The number of para-hydroxylation sites is 1. The minimum atomic E-state index is -0.298. The number of amides is 1. The maximum absolute atomic E-state index is 12.1. The third-order valence-corrected chi connectivity index (χ3v) is 3.09. The number of carbonyl (C=O) groups is 1. The molecule has 112 valence electrons. The fourth-order valence-electron chi connectivity index (χ4n) is 1.99. The lowest BCUT2D eigenvalue weighted by atomic mass is 10.2. The van der Waals surface area contributed by atoms with Crippen molar-refractivity contribution in [3.05, 3.63) is 78.1 Å². The molecule has 0 saturated carbocycles. The Morgan fingerprint density at radius 1 is 1.00 bits per heavy atom. The van der Waals surface area contributed by atoms with Crippen molar-refractivity contribution >= 4 is 5.91 Å². The number of ether oxygens (including phenoxy) is 1. The first-order valence-electron chi connectivity index (χ1n) is 6.88. The largest absolute Gasteiger partial charge is 0.489 e. The molecule has 2 heterocycles. The van der Waals surface area contributed by atoms with Crippen molar-refractivity contribution in [1.82, 2.24) is 5.32 Å². The van der Waals surface area contributed by atoms with E-state index in [-0.39, 0.29) is 18.3 Å². The molecule has 0 aliphatic carbocycles. The van der Waals surface area contributed by atoms with Crippen LogP contribution < -0.4 is 10.1 Å². The van der Waals surface area contributed by atoms with E-state index < -0.39 is 0 Å². The van der Waals surface area contributed by atoms with E-state index in [2.05, 4.69) is 5.32 Å². The molecule has 0 radical (unpaired) electrons. The highest BCUT2D eigenvalue weighted by Crippen LogP contribution is 2.16. The molecule has 3 rings (SSSR count). The highest BCUT2D eigenvalue weighted by atomic mass is 16.5. The molecular formula is C17H15NO4. The van der Waals surface area contributed by atoms with Crippen LogP contribution in [0.25, 0.3) is 0 Å². The van der Waals surface area contributed by atoms with Gasteiger partial charge in [0.1, 0.15) is 18.1 Å². The maximum Gasteiger partial charge on any atom is 0.287 e. The molecule has 0 bridgehead atoms. The molecule has 0 unspecified atom stereocenters. The van der Waals surface area contributed by atoms with Gasteiger partial charge in [0.25, 0.3) is 5.91 Å². The van der Waals surface area contributed by atoms with Gasteiger partial charge in [-0.1, -0.05) is 18.2 Å². The monoisotopic (exact) mass is 297 g/mol. The first-order valence-corrected chi connectivity index (χ1v) is 6.88. The fraction of sp³-hybridized carbons (Fsp3) is 0.118. The summed E-state index contributed by atoms with van der Waals surface area (Å²) < 4.78 is 16.1. The van der Waals surface area contributed by atoms with Crippen LogP contribution in [0.5, 0.6) is 5.75 Å². The van der Waals surface area contributed by atoms with Crippen LogP contribution in [0.4, 0.5) is 0 Å². The molecule has 5 heteroatoms. The zero-order valence-corrected chi connectivity index (χ0v) is 11.8. The summed E-state index contributed by atoms with van der Waals surface area (Å²) in [4.78, 5) is 12.1. The van der Waals surface area contributed by atoms with Gasteiger partial charge in [0, 0.05) is 5.56 Å². The second-order valence-electron chi connectivity index (χ2n) is 4.64. The van der Waals surface area contributed by atoms with Gasteiger partial charge in [0.15, 0.2) is 5.76 Å². The van der Waals surface area contributed by atoms with E-state index in [1.807, 2.05) is 30.3 Å². The second kappa shape index (κ2) is 6.67. The van der Waals surface area contributed by atoms with Crippen LogP contribution in [0.15, 0.2) is 69.9 Å². The van der Waals surface area contributed by atoms with Crippen LogP contribution in [0.2, 0.25) is 0 Å². The summed E-state index contributed by atoms with van der Waals surface area (Å²) in [5.74, 6) is 1.38. The summed E-state index contributed by atoms with van der Waals surface area (Å²) in [5, 5.41) is 2.74. The number of furan rings is 2. The Labute approximate surface area is 127 Å². The minimum Gasteiger partial charge on any atom is -0.489 e. The zero-order chi connectivity index (χ0) is 15.2. The Balaban J connectivity index is 1.60. The molecular weight excluding hydrogens is 282 g/mol. The van der Waals surface area contributed by atoms with Crippen molar-refractivity contribution in [2.75, 3.05) is 0 Å². The zero-order valence-electron chi connectivity index (χ0n) is 11.8. The van der Waals surface area contributed by atoms with E-state index in [4.69, 9.17) is 13.6 Å². The lowest BCUT2D eigenvalue weighted by Gasteiger charge is -2.06. The first kappa shape index (κ1) is 14.0. The van der Waals surface area contributed by atoms with E-state index in [0.29, 0.717) is 17.9 Å².